The number of nitrogens with one attached hydrogen (secondary N) is 2. The predicted molar refractivity (Wildman–Crippen MR) is 80.0 cm³/mol. The lowest BCUT2D eigenvalue weighted by Gasteiger charge is -2.12. The molecule has 3 aromatic rings. The second-order valence-corrected chi connectivity index (χ2v) is 6.19. The van der Waals surface area contributed by atoms with Crippen LogP contribution in [-0.2, 0) is 10.0 Å². The molecule has 9 heteroatoms. The van der Waals surface area contributed by atoms with E-state index in [4.69, 9.17) is 0 Å². The zero-order valence-electron chi connectivity index (χ0n) is 11.5. The van der Waals surface area contributed by atoms with Gasteiger partial charge in [-0.15, -0.1) is 0 Å². The average Bonchev–Trinajstić information content (AvgIpc) is 2.96. The van der Waals surface area contributed by atoms with Crippen molar-refractivity contribution in [3.05, 3.63) is 48.8 Å². The number of imidazole rings is 1. The van der Waals surface area contributed by atoms with E-state index in [-0.39, 0.29) is 10.6 Å². The first-order chi connectivity index (χ1) is 11.0. The van der Waals surface area contributed by atoms with E-state index in [2.05, 4.69) is 19.4 Å². The Kier molecular flexibility index (Phi) is 3.87. The molecule has 0 aliphatic carbocycles. The minimum absolute atomic E-state index is 0.232. The number of H-pyrrole nitrogens is 1. The van der Waals surface area contributed by atoms with Gasteiger partial charge in [0.05, 0.1) is 17.5 Å². The summed E-state index contributed by atoms with van der Waals surface area (Å²) < 4.78 is 56.5. The second-order valence-electron chi connectivity index (χ2n) is 4.54. The Bertz CT molecular complexity index is 941. The van der Waals surface area contributed by atoms with Crippen molar-refractivity contribution in [3.63, 3.8) is 0 Å². The van der Waals surface area contributed by atoms with Crippen LogP contribution >= 0.6 is 0 Å². The van der Waals surface area contributed by atoms with Gasteiger partial charge in [0.25, 0.3) is 10.0 Å². The highest BCUT2D eigenvalue weighted by Crippen LogP contribution is 2.28. The molecule has 0 amide bonds. The Morgan fingerprint density at radius 1 is 1.13 bits per heavy atom. The third kappa shape index (κ3) is 3.09. The molecule has 23 heavy (non-hydrogen) atoms. The lowest BCUT2D eigenvalue weighted by molar-refractivity contribution is -0.0517. The number of sulfonamides is 1. The number of alkyl halides is 2. The Morgan fingerprint density at radius 3 is 2.70 bits per heavy atom. The number of hydrogen-bond donors (Lipinski definition) is 2. The Balaban J connectivity index is 2.01. The zero-order valence-corrected chi connectivity index (χ0v) is 12.3. The van der Waals surface area contributed by atoms with Crippen LogP contribution in [0.25, 0.3) is 11.0 Å². The summed E-state index contributed by atoms with van der Waals surface area (Å²) in [6, 6.07) is 10.1. The highest BCUT2D eigenvalue weighted by atomic mass is 32.2. The molecular formula is C14H11F2N3O3S. The predicted octanol–water partition coefficient (Wildman–Crippen LogP) is 2.97. The van der Waals surface area contributed by atoms with Crippen molar-refractivity contribution in [1.29, 1.82) is 0 Å². The number of fused-ring (bicyclic) bond motifs is 1. The van der Waals surface area contributed by atoms with E-state index in [1.54, 1.807) is 12.1 Å². The summed E-state index contributed by atoms with van der Waals surface area (Å²) in [6.45, 7) is -3.12. The molecule has 0 unspecified atom stereocenters. The van der Waals surface area contributed by atoms with Gasteiger partial charge in [-0.25, -0.2) is 13.4 Å². The number of nitrogens with zero attached hydrogens (tertiary/aromatic N) is 1. The summed E-state index contributed by atoms with van der Waals surface area (Å²) in [4.78, 5) is 6.51. The molecule has 1 heterocycles. The molecule has 120 valence electrons. The molecular weight excluding hydrogens is 328 g/mol. The number of benzene rings is 2. The Hall–Kier alpha value is -2.68. The van der Waals surface area contributed by atoms with Crippen LogP contribution < -0.4 is 9.46 Å². The van der Waals surface area contributed by atoms with E-state index in [9.17, 15) is 17.2 Å². The maximum atomic E-state index is 12.5. The minimum atomic E-state index is -4.12. The fourth-order valence-electron chi connectivity index (χ4n) is 2.11. The molecule has 2 N–H and O–H groups in total. The van der Waals surface area contributed by atoms with Gasteiger partial charge in [0, 0.05) is 0 Å². The molecule has 6 nitrogen and oxygen atoms in total. The van der Waals surface area contributed by atoms with Gasteiger partial charge in [-0.1, -0.05) is 18.2 Å². The number of halogens is 2. The van der Waals surface area contributed by atoms with Gasteiger partial charge < -0.3 is 9.72 Å². The van der Waals surface area contributed by atoms with Crippen LogP contribution in [0.15, 0.2) is 53.7 Å². The molecule has 0 saturated heterocycles. The monoisotopic (exact) mass is 339 g/mol. The number of anilines is 1. The van der Waals surface area contributed by atoms with Crippen molar-refractivity contribution in [2.75, 3.05) is 4.72 Å². The molecule has 0 aliphatic rings. The quantitative estimate of drug-likeness (QED) is 0.748. The fourth-order valence-corrected chi connectivity index (χ4v) is 3.32. The van der Waals surface area contributed by atoms with Gasteiger partial charge in [0.1, 0.15) is 16.2 Å². The topological polar surface area (TPSA) is 84.1 Å². The second kappa shape index (κ2) is 5.84. The average molecular weight is 339 g/mol. The van der Waals surface area contributed by atoms with Crippen molar-refractivity contribution in [1.82, 2.24) is 9.97 Å². The summed E-state index contributed by atoms with van der Waals surface area (Å²) >= 11 is 0. The lowest BCUT2D eigenvalue weighted by Crippen LogP contribution is -2.15. The van der Waals surface area contributed by atoms with Crippen molar-refractivity contribution < 1.29 is 21.9 Å². The summed E-state index contributed by atoms with van der Waals surface area (Å²) in [5.74, 6) is -0.427. The van der Waals surface area contributed by atoms with Gasteiger partial charge in [0.15, 0.2) is 0 Å². The Morgan fingerprint density at radius 2 is 1.91 bits per heavy atom. The summed E-state index contributed by atoms with van der Waals surface area (Å²) in [5.41, 5.74) is 1.29. The third-order valence-electron chi connectivity index (χ3n) is 3.05. The zero-order chi connectivity index (χ0) is 16.4. The van der Waals surface area contributed by atoms with Crippen molar-refractivity contribution in [2.45, 2.75) is 11.5 Å². The van der Waals surface area contributed by atoms with Gasteiger partial charge in [-0.2, -0.15) is 8.78 Å². The molecule has 0 saturated carbocycles. The number of rotatable bonds is 5. The van der Waals surface area contributed by atoms with Gasteiger partial charge in [-0.3, -0.25) is 4.72 Å². The van der Waals surface area contributed by atoms with Crippen LogP contribution in [0.4, 0.5) is 14.5 Å². The molecule has 3 rings (SSSR count). The molecule has 0 radical (unpaired) electrons. The number of para-hydroxylation sites is 2. The van der Waals surface area contributed by atoms with Crippen molar-refractivity contribution in [2.24, 2.45) is 0 Å². The van der Waals surface area contributed by atoms with Crippen LogP contribution in [0.5, 0.6) is 5.75 Å². The minimum Gasteiger partial charge on any atom is -0.433 e. The molecule has 0 spiro atoms. The number of aromatic amines is 1. The maximum Gasteiger partial charge on any atom is 0.387 e. The van der Waals surface area contributed by atoms with Crippen LogP contribution in [0.3, 0.4) is 0 Å². The largest absolute Gasteiger partial charge is 0.433 e. The van der Waals surface area contributed by atoms with Crippen LogP contribution in [0.1, 0.15) is 0 Å². The summed E-state index contributed by atoms with van der Waals surface area (Å²) in [6.07, 6.45) is 1.43. The molecule has 0 atom stereocenters. The van der Waals surface area contributed by atoms with Gasteiger partial charge in [0.2, 0.25) is 0 Å². The lowest BCUT2D eigenvalue weighted by atomic mass is 10.3. The van der Waals surface area contributed by atoms with E-state index < -0.39 is 22.4 Å². The molecule has 0 fully saturated rings. The number of aromatic nitrogens is 2. The molecule has 1 aromatic heterocycles. The molecule has 0 aliphatic heterocycles. The van der Waals surface area contributed by atoms with Gasteiger partial charge >= 0.3 is 6.61 Å². The summed E-state index contributed by atoms with van der Waals surface area (Å²) in [7, 11) is -4.12. The smallest absolute Gasteiger partial charge is 0.387 e. The van der Waals surface area contributed by atoms with Crippen LogP contribution in [-0.4, -0.2) is 25.0 Å². The van der Waals surface area contributed by atoms with Gasteiger partial charge in [-0.05, 0) is 24.3 Å². The first kappa shape index (κ1) is 15.2. The van der Waals surface area contributed by atoms with E-state index in [1.807, 2.05) is 0 Å². The van der Waals surface area contributed by atoms with Crippen molar-refractivity contribution in [3.8, 4) is 5.75 Å². The summed E-state index contributed by atoms with van der Waals surface area (Å²) in [5, 5.41) is 0. The van der Waals surface area contributed by atoms with E-state index in [1.165, 1.54) is 30.6 Å². The standard InChI is InChI=1S/C14H11F2N3O3S/c15-14(16)22-11-6-1-2-7-12(11)23(20,21)19-10-5-3-4-9-13(10)18-8-17-9/h1-8,14,19H,(H,17,18). The number of hydrogen-bond acceptors (Lipinski definition) is 4. The SMILES string of the molecule is O=S(=O)(Nc1cccc2[nH]cnc12)c1ccccc1OC(F)F. The third-order valence-corrected chi connectivity index (χ3v) is 4.45. The van der Waals surface area contributed by atoms with Crippen LogP contribution in [0.2, 0.25) is 0 Å². The van der Waals surface area contributed by atoms with E-state index in [0.717, 1.165) is 6.07 Å². The Labute approximate surface area is 130 Å². The maximum absolute atomic E-state index is 12.5. The molecule has 0 bridgehead atoms. The first-order valence-corrected chi connectivity index (χ1v) is 7.94. The normalized spacial score (nSPS) is 11.8. The first-order valence-electron chi connectivity index (χ1n) is 6.46. The fraction of sp³-hybridized carbons (Fsp3) is 0.0714. The number of ether oxygens (including phenoxy) is 1. The van der Waals surface area contributed by atoms with E-state index in [0.29, 0.717) is 11.0 Å². The highest BCUT2D eigenvalue weighted by molar-refractivity contribution is 7.92. The van der Waals surface area contributed by atoms with Crippen LogP contribution in [0, 0.1) is 0 Å². The van der Waals surface area contributed by atoms with E-state index >= 15 is 0 Å². The van der Waals surface area contributed by atoms with Crippen molar-refractivity contribution >= 4 is 26.7 Å². The highest BCUT2D eigenvalue weighted by Gasteiger charge is 2.22. The molecule has 2 aromatic carbocycles.